The van der Waals surface area contributed by atoms with Gasteiger partial charge < -0.3 is 29.0 Å². The van der Waals surface area contributed by atoms with Crippen molar-refractivity contribution in [3.8, 4) is 0 Å². The van der Waals surface area contributed by atoms with Crippen LogP contribution in [0.1, 0.15) is 32.8 Å². The summed E-state index contributed by atoms with van der Waals surface area (Å²) in [5.41, 5.74) is 2.51. The number of nitrogens with one attached hydrogen (secondary N) is 1. The summed E-state index contributed by atoms with van der Waals surface area (Å²) in [5, 5.41) is 2.68. The molecule has 208 valence electrons. The largest absolute Gasteiger partial charge is 0.453 e. The molecule has 4 rings (SSSR count). The molecule has 10 heteroatoms. The molecule has 0 radical (unpaired) electrons. The molecule has 1 aromatic carbocycles. The van der Waals surface area contributed by atoms with E-state index in [2.05, 4.69) is 11.9 Å². The lowest BCUT2D eigenvalue weighted by Crippen LogP contribution is -2.46. The maximum absolute atomic E-state index is 15.7. The number of benzene rings is 1. The Kier molecular flexibility index (Phi) is 8.54. The number of rotatable bonds is 7. The van der Waals surface area contributed by atoms with Crippen molar-refractivity contribution in [1.82, 2.24) is 9.80 Å². The summed E-state index contributed by atoms with van der Waals surface area (Å²) in [7, 11) is 1.32. The molecule has 0 saturated carbocycles. The Balaban J connectivity index is 1.79. The van der Waals surface area contributed by atoms with Gasteiger partial charge in [-0.05, 0) is 48.3 Å². The molecule has 3 heterocycles. The van der Waals surface area contributed by atoms with Crippen molar-refractivity contribution < 1.29 is 31.9 Å². The van der Waals surface area contributed by atoms with Crippen LogP contribution in [0.15, 0.2) is 70.6 Å². The fourth-order valence-corrected chi connectivity index (χ4v) is 4.82. The normalized spacial score (nSPS) is 18.3. The van der Waals surface area contributed by atoms with Gasteiger partial charge in [0.05, 0.1) is 31.9 Å². The van der Waals surface area contributed by atoms with Crippen LogP contribution >= 0.6 is 0 Å². The van der Waals surface area contributed by atoms with Crippen LogP contribution in [-0.4, -0.2) is 48.8 Å². The van der Waals surface area contributed by atoms with Crippen molar-refractivity contribution >= 4 is 23.2 Å². The summed E-state index contributed by atoms with van der Waals surface area (Å²) in [5.74, 6) is -1.90. The maximum Gasteiger partial charge on any atom is 0.409 e. The van der Waals surface area contributed by atoms with Crippen LogP contribution in [0.3, 0.4) is 0 Å². The van der Waals surface area contributed by atoms with Gasteiger partial charge in [0.1, 0.15) is 11.6 Å². The molecule has 1 atom stereocenters. The second-order valence-corrected chi connectivity index (χ2v) is 9.74. The van der Waals surface area contributed by atoms with Gasteiger partial charge in [-0.2, -0.15) is 4.39 Å². The van der Waals surface area contributed by atoms with Crippen LogP contribution in [0.4, 0.5) is 29.5 Å². The fraction of sp³-hybridized carbons (Fsp3) is 0.345. The minimum absolute atomic E-state index is 0.0147. The third kappa shape index (κ3) is 6.39. The van der Waals surface area contributed by atoms with Crippen molar-refractivity contribution in [2.24, 2.45) is 5.92 Å². The summed E-state index contributed by atoms with van der Waals surface area (Å²) in [6.07, 6.45) is 4.92. The maximum atomic E-state index is 15.7. The number of halogens is 3. The van der Waals surface area contributed by atoms with Crippen LogP contribution in [0.5, 0.6) is 0 Å². The first kappa shape index (κ1) is 28.1. The van der Waals surface area contributed by atoms with Crippen LogP contribution in [0, 0.1) is 23.6 Å². The summed E-state index contributed by atoms with van der Waals surface area (Å²) in [6.45, 7) is 10.7. The molecule has 0 aliphatic carbocycles. The van der Waals surface area contributed by atoms with Crippen LogP contribution < -0.4 is 5.32 Å². The van der Waals surface area contributed by atoms with E-state index in [0.29, 0.717) is 30.1 Å². The predicted molar refractivity (Wildman–Crippen MR) is 142 cm³/mol. The number of anilines is 2. The zero-order chi connectivity index (χ0) is 28.3. The molecule has 2 aliphatic heterocycles. The van der Waals surface area contributed by atoms with Gasteiger partial charge in [-0.15, -0.1) is 0 Å². The van der Waals surface area contributed by atoms with E-state index >= 15 is 8.78 Å². The quantitative estimate of drug-likeness (QED) is 0.408. The molecular formula is C29H32F3N3O4. The zero-order valence-electron chi connectivity index (χ0n) is 22.4. The Morgan fingerprint density at radius 3 is 2.54 bits per heavy atom. The monoisotopic (exact) mass is 543 g/mol. The molecule has 0 spiro atoms. The number of amides is 1. The Labute approximate surface area is 225 Å². The van der Waals surface area contributed by atoms with Gasteiger partial charge in [-0.1, -0.05) is 20.4 Å². The van der Waals surface area contributed by atoms with E-state index in [1.54, 1.807) is 9.80 Å². The number of carbonyl (C=O) groups excluding carboxylic acids is 1. The van der Waals surface area contributed by atoms with Gasteiger partial charge in [0.25, 0.3) is 6.01 Å². The number of morpholine rings is 1. The number of carbonyl (C=O) groups is 1. The highest BCUT2D eigenvalue weighted by Gasteiger charge is 2.31. The minimum Gasteiger partial charge on any atom is -0.453 e. The van der Waals surface area contributed by atoms with Crippen molar-refractivity contribution in [1.29, 1.82) is 0 Å². The molecule has 39 heavy (non-hydrogen) atoms. The number of allylic oxidation sites excluding steroid dienone is 4. The average molecular weight is 544 g/mol. The molecule has 7 nitrogen and oxygen atoms in total. The molecule has 1 N–H and O–H groups in total. The van der Waals surface area contributed by atoms with Gasteiger partial charge in [0.15, 0.2) is 0 Å². The molecule has 1 fully saturated rings. The van der Waals surface area contributed by atoms with E-state index in [0.717, 1.165) is 23.8 Å². The highest BCUT2D eigenvalue weighted by molar-refractivity contribution is 5.74. The van der Waals surface area contributed by atoms with E-state index in [1.807, 2.05) is 39.1 Å². The van der Waals surface area contributed by atoms with Gasteiger partial charge in [-0.25, -0.2) is 13.6 Å². The summed E-state index contributed by atoms with van der Waals surface area (Å²) in [6, 6.07) is 3.88. The third-order valence-corrected chi connectivity index (χ3v) is 6.51. The summed E-state index contributed by atoms with van der Waals surface area (Å²) >= 11 is 0. The van der Waals surface area contributed by atoms with E-state index < -0.39 is 29.8 Å². The van der Waals surface area contributed by atoms with Crippen molar-refractivity contribution in [2.45, 2.75) is 33.3 Å². The number of ether oxygens (including phenoxy) is 2. The number of hydrogen-bond donors (Lipinski definition) is 1. The van der Waals surface area contributed by atoms with Crippen LogP contribution in [0.2, 0.25) is 0 Å². The predicted octanol–water partition coefficient (Wildman–Crippen LogP) is 6.95. The Morgan fingerprint density at radius 2 is 1.95 bits per heavy atom. The topological polar surface area (TPSA) is 67.2 Å². The minimum atomic E-state index is -0.820. The van der Waals surface area contributed by atoms with Crippen molar-refractivity contribution in [2.75, 3.05) is 32.1 Å². The molecule has 1 aromatic heterocycles. The number of methoxy groups -OCH3 is 1. The molecule has 2 aromatic rings. The highest BCUT2D eigenvalue weighted by atomic mass is 19.1. The van der Waals surface area contributed by atoms with Crippen molar-refractivity contribution in [3.63, 3.8) is 0 Å². The molecular weight excluding hydrogens is 511 g/mol. The zero-order valence-corrected chi connectivity index (χ0v) is 22.4. The number of hydrogen-bond acceptors (Lipinski definition) is 6. The van der Waals surface area contributed by atoms with E-state index in [9.17, 15) is 9.18 Å². The number of furan rings is 1. The standard InChI is InChI=1S/C29H32F3N3O4/c1-17(2)27(28-22(30)13-20(14-23(28)31)33-26-7-6-25(32)39-26)24(35-9-8-18(3)12-19(35)4)15-21-16-34(10-11-38-21)29(36)37-5/h6-9,12-14,17,21,33H,4,10-11,15-16H2,1-3,5H3/b27-24+. The lowest BCUT2D eigenvalue weighted by atomic mass is 9.89. The molecule has 0 bridgehead atoms. The first-order valence-corrected chi connectivity index (χ1v) is 12.6. The highest BCUT2D eigenvalue weighted by Crippen LogP contribution is 2.39. The first-order valence-electron chi connectivity index (χ1n) is 12.6. The van der Waals surface area contributed by atoms with Crippen LogP contribution in [0.25, 0.3) is 5.57 Å². The Hall–Kier alpha value is -3.92. The molecule has 1 unspecified atom stereocenters. The molecule has 2 aliphatic rings. The van der Waals surface area contributed by atoms with E-state index in [1.165, 1.54) is 13.2 Å². The van der Waals surface area contributed by atoms with Gasteiger partial charge in [-0.3, -0.25) is 0 Å². The molecule has 1 amide bonds. The number of nitrogens with zero attached hydrogens (tertiary/aromatic N) is 2. The average Bonchev–Trinajstić information content (AvgIpc) is 3.29. The van der Waals surface area contributed by atoms with Gasteiger partial charge >= 0.3 is 6.09 Å². The van der Waals surface area contributed by atoms with Crippen LogP contribution in [-0.2, 0) is 9.47 Å². The fourth-order valence-electron chi connectivity index (χ4n) is 4.82. The second-order valence-electron chi connectivity index (χ2n) is 9.74. The van der Waals surface area contributed by atoms with Crippen molar-refractivity contribution in [3.05, 3.63) is 89.4 Å². The first-order chi connectivity index (χ1) is 18.6. The SMILES string of the molecule is C=C1C=C(C)C=CN1/C(CC1CN(C(=O)OC)CCO1)=C(/c1c(F)cc(Nc2ccc(F)o2)cc1F)C(C)C. The smallest absolute Gasteiger partial charge is 0.409 e. The van der Waals surface area contributed by atoms with Gasteiger partial charge in [0.2, 0.25) is 5.88 Å². The summed E-state index contributed by atoms with van der Waals surface area (Å²) in [4.78, 5) is 15.5. The lowest BCUT2D eigenvalue weighted by Gasteiger charge is -2.36. The van der Waals surface area contributed by atoms with Gasteiger partial charge in [0, 0.05) is 48.4 Å². The summed E-state index contributed by atoms with van der Waals surface area (Å²) < 4.78 is 60.3. The molecule has 1 saturated heterocycles. The van der Waals surface area contributed by atoms with E-state index in [4.69, 9.17) is 13.9 Å². The Morgan fingerprint density at radius 1 is 1.23 bits per heavy atom. The second kappa shape index (κ2) is 11.9. The Bertz CT molecular complexity index is 1320. The lowest BCUT2D eigenvalue weighted by molar-refractivity contribution is -0.0252. The third-order valence-electron chi connectivity index (χ3n) is 6.51. The van der Waals surface area contributed by atoms with E-state index in [-0.39, 0.29) is 36.0 Å².